The van der Waals surface area contributed by atoms with E-state index < -0.39 is 0 Å². The van der Waals surface area contributed by atoms with E-state index in [0.29, 0.717) is 12.8 Å². The minimum Gasteiger partial charge on any atom is -0.462 e. The molecule has 0 aromatic heterocycles. The third kappa shape index (κ3) is 9.06. The van der Waals surface area contributed by atoms with Gasteiger partial charge in [0, 0.05) is 27.4 Å². The molecule has 0 aromatic rings. The summed E-state index contributed by atoms with van der Waals surface area (Å²) in [5.74, 6) is -0.284. The van der Waals surface area contributed by atoms with Crippen LogP contribution in [0, 0.1) is 0 Å². The van der Waals surface area contributed by atoms with Gasteiger partial charge in [0.05, 0.1) is 11.1 Å². The van der Waals surface area contributed by atoms with Crippen LogP contribution in [0.4, 0.5) is 0 Å². The summed E-state index contributed by atoms with van der Waals surface area (Å²) in [5.41, 5.74) is 0. The average Bonchev–Trinajstić information content (AvgIpc) is 2.15. The zero-order chi connectivity index (χ0) is 13.4. The number of ether oxygens (including phenoxy) is 1. The first-order valence-corrected chi connectivity index (χ1v) is 6.29. The minimum absolute atomic E-state index is 0.179. The molecule has 0 saturated heterocycles. The minimum atomic E-state index is -0.311. The molecule has 17 heavy (non-hydrogen) atoms. The molecule has 0 amide bonds. The van der Waals surface area contributed by atoms with E-state index in [-0.39, 0.29) is 18.2 Å². The topological polar surface area (TPSA) is 49.8 Å². The fourth-order valence-electron chi connectivity index (χ4n) is 1.46. The van der Waals surface area contributed by atoms with E-state index in [0.717, 1.165) is 17.8 Å². The molecule has 0 aliphatic rings. The Morgan fingerprint density at radius 2 is 2.00 bits per heavy atom. The molecule has 2 atom stereocenters. The maximum absolute atomic E-state index is 11.0. The van der Waals surface area contributed by atoms with Crippen molar-refractivity contribution in [2.75, 3.05) is 14.1 Å². The van der Waals surface area contributed by atoms with E-state index in [2.05, 4.69) is 0 Å². The van der Waals surface area contributed by atoms with Gasteiger partial charge in [-0.15, -0.1) is 0 Å². The van der Waals surface area contributed by atoms with Gasteiger partial charge in [-0.25, -0.2) is 0 Å². The summed E-state index contributed by atoms with van der Waals surface area (Å²) in [6.07, 6.45) is 2.35. The molecule has 0 saturated carbocycles. The third-order valence-corrected chi connectivity index (χ3v) is 2.91. The summed E-state index contributed by atoms with van der Waals surface area (Å²) in [5, 5.41) is 9.18. The molecule has 5 heteroatoms. The van der Waals surface area contributed by atoms with Gasteiger partial charge in [0.25, 0.3) is 0 Å². The first-order valence-electron chi connectivity index (χ1n) is 5.88. The van der Waals surface area contributed by atoms with Gasteiger partial charge in [-0.2, -0.15) is 0 Å². The van der Waals surface area contributed by atoms with Crippen molar-refractivity contribution in [2.45, 2.75) is 51.7 Å². The number of aliphatic hydroxyl groups excluding tert-OH is 1. The standard InChI is InChI=1S/C12H23NO3S/c1-9(14)6-5-7-11(16-10(2)15)8-12(17)13(3)4/h9,11,14H,5-8H2,1-4H3/t9-,11+/m0/s1. The second-order valence-electron chi connectivity index (χ2n) is 4.50. The third-order valence-electron chi connectivity index (χ3n) is 2.38. The number of aliphatic hydroxyl groups is 1. The van der Waals surface area contributed by atoms with Gasteiger partial charge in [-0.05, 0) is 26.2 Å². The predicted molar refractivity (Wildman–Crippen MR) is 72.0 cm³/mol. The van der Waals surface area contributed by atoms with Crippen LogP contribution in [0.2, 0.25) is 0 Å². The normalized spacial score (nSPS) is 13.9. The number of nitrogens with zero attached hydrogens (tertiary/aromatic N) is 1. The summed E-state index contributed by atoms with van der Waals surface area (Å²) in [6, 6.07) is 0. The van der Waals surface area contributed by atoms with Crippen molar-refractivity contribution in [3.63, 3.8) is 0 Å². The highest BCUT2D eigenvalue weighted by Crippen LogP contribution is 2.12. The number of hydrogen-bond acceptors (Lipinski definition) is 4. The predicted octanol–water partition coefficient (Wildman–Crippen LogP) is 1.75. The molecular formula is C12H23NO3S. The van der Waals surface area contributed by atoms with Crippen LogP contribution < -0.4 is 0 Å². The van der Waals surface area contributed by atoms with Crippen molar-refractivity contribution in [2.24, 2.45) is 0 Å². The van der Waals surface area contributed by atoms with E-state index in [1.807, 2.05) is 19.0 Å². The molecule has 0 aliphatic carbocycles. The number of rotatable bonds is 7. The van der Waals surface area contributed by atoms with Gasteiger partial charge in [-0.1, -0.05) is 12.2 Å². The molecule has 0 radical (unpaired) electrons. The Morgan fingerprint density at radius 3 is 2.41 bits per heavy atom. The molecule has 0 spiro atoms. The highest BCUT2D eigenvalue weighted by atomic mass is 32.1. The lowest BCUT2D eigenvalue weighted by atomic mass is 10.1. The number of hydrogen-bond donors (Lipinski definition) is 1. The fourth-order valence-corrected chi connectivity index (χ4v) is 1.64. The molecule has 1 N–H and O–H groups in total. The van der Waals surface area contributed by atoms with Crippen LogP contribution in [0.1, 0.15) is 39.5 Å². The molecule has 0 heterocycles. The Balaban J connectivity index is 4.14. The van der Waals surface area contributed by atoms with E-state index in [1.165, 1.54) is 6.92 Å². The largest absolute Gasteiger partial charge is 0.462 e. The summed E-state index contributed by atoms with van der Waals surface area (Å²) < 4.78 is 5.22. The van der Waals surface area contributed by atoms with Gasteiger partial charge in [0.15, 0.2) is 0 Å². The van der Waals surface area contributed by atoms with Crippen LogP contribution >= 0.6 is 12.2 Å². The Labute approximate surface area is 109 Å². The average molecular weight is 261 g/mol. The van der Waals surface area contributed by atoms with E-state index in [1.54, 1.807) is 6.92 Å². The van der Waals surface area contributed by atoms with Crippen molar-refractivity contribution < 1.29 is 14.6 Å². The second-order valence-corrected chi connectivity index (χ2v) is 4.97. The Morgan fingerprint density at radius 1 is 1.41 bits per heavy atom. The van der Waals surface area contributed by atoms with E-state index >= 15 is 0 Å². The van der Waals surface area contributed by atoms with E-state index in [4.69, 9.17) is 17.0 Å². The lowest BCUT2D eigenvalue weighted by Gasteiger charge is -2.21. The van der Waals surface area contributed by atoms with Gasteiger partial charge in [-0.3, -0.25) is 4.79 Å². The number of esters is 1. The van der Waals surface area contributed by atoms with Crippen molar-refractivity contribution in [3.8, 4) is 0 Å². The summed E-state index contributed by atoms with van der Waals surface area (Å²) in [7, 11) is 3.76. The van der Waals surface area contributed by atoms with Crippen molar-refractivity contribution in [1.29, 1.82) is 0 Å². The zero-order valence-electron chi connectivity index (χ0n) is 11.1. The highest BCUT2D eigenvalue weighted by molar-refractivity contribution is 7.80. The van der Waals surface area contributed by atoms with Gasteiger partial charge in [0.2, 0.25) is 0 Å². The molecule has 0 bridgehead atoms. The van der Waals surface area contributed by atoms with Crippen LogP contribution in [0.25, 0.3) is 0 Å². The maximum Gasteiger partial charge on any atom is 0.302 e. The second kappa shape index (κ2) is 8.42. The SMILES string of the molecule is CC(=O)O[C@H](CCC[C@H](C)O)CC(=S)N(C)C. The highest BCUT2D eigenvalue weighted by Gasteiger charge is 2.15. The Kier molecular flexibility index (Phi) is 8.08. The van der Waals surface area contributed by atoms with Crippen molar-refractivity contribution in [1.82, 2.24) is 4.90 Å². The molecule has 0 aliphatic heterocycles. The Bertz CT molecular complexity index is 254. The molecule has 0 rings (SSSR count). The number of carbonyl (C=O) groups is 1. The van der Waals surface area contributed by atoms with Crippen LogP contribution in [0.15, 0.2) is 0 Å². The Hall–Kier alpha value is -0.680. The number of carbonyl (C=O) groups excluding carboxylic acids is 1. The summed E-state index contributed by atoms with van der Waals surface area (Å²) in [6.45, 7) is 3.16. The fraction of sp³-hybridized carbons (Fsp3) is 0.833. The van der Waals surface area contributed by atoms with Crippen molar-refractivity contribution >= 4 is 23.2 Å². The quantitative estimate of drug-likeness (QED) is 0.559. The smallest absolute Gasteiger partial charge is 0.302 e. The van der Waals surface area contributed by atoms with Crippen LogP contribution in [-0.4, -0.2) is 47.3 Å². The molecule has 0 fully saturated rings. The zero-order valence-corrected chi connectivity index (χ0v) is 11.9. The lowest BCUT2D eigenvalue weighted by Crippen LogP contribution is -2.27. The van der Waals surface area contributed by atoms with Gasteiger partial charge >= 0.3 is 5.97 Å². The van der Waals surface area contributed by atoms with Crippen LogP contribution in [-0.2, 0) is 9.53 Å². The van der Waals surface area contributed by atoms with Crippen LogP contribution in [0.5, 0.6) is 0 Å². The van der Waals surface area contributed by atoms with E-state index in [9.17, 15) is 9.90 Å². The lowest BCUT2D eigenvalue weighted by molar-refractivity contribution is -0.146. The maximum atomic E-state index is 11.0. The monoisotopic (exact) mass is 261 g/mol. The molecular weight excluding hydrogens is 238 g/mol. The summed E-state index contributed by atoms with van der Waals surface area (Å²) in [4.78, 5) is 13.6. The summed E-state index contributed by atoms with van der Waals surface area (Å²) >= 11 is 5.19. The molecule has 100 valence electrons. The van der Waals surface area contributed by atoms with Gasteiger partial charge < -0.3 is 14.7 Å². The molecule has 0 unspecified atom stereocenters. The van der Waals surface area contributed by atoms with Gasteiger partial charge in [0.1, 0.15) is 6.10 Å². The first-order chi connectivity index (χ1) is 7.82. The molecule has 0 aromatic carbocycles. The van der Waals surface area contributed by atoms with Crippen LogP contribution in [0.3, 0.4) is 0 Å². The number of thiocarbonyl (C=S) groups is 1. The molecule has 4 nitrogen and oxygen atoms in total. The first kappa shape index (κ1) is 16.3. The van der Waals surface area contributed by atoms with Crippen molar-refractivity contribution in [3.05, 3.63) is 0 Å².